The Hall–Kier alpha value is -0.410. The topological polar surface area (TPSA) is 24.9 Å². The Bertz CT molecular complexity index is 353. The number of hydrogen-bond acceptors (Lipinski definition) is 3. The molecule has 0 amide bonds. The van der Waals surface area contributed by atoms with Crippen molar-refractivity contribution in [2.24, 2.45) is 11.8 Å². The largest absolute Gasteiger partial charge is 0.309 e. The van der Waals surface area contributed by atoms with Crippen LogP contribution in [0.15, 0.2) is 5.38 Å². The van der Waals surface area contributed by atoms with Crippen molar-refractivity contribution in [1.82, 2.24) is 10.3 Å². The van der Waals surface area contributed by atoms with Crippen molar-refractivity contribution in [2.45, 2.75) is 58.9 Å². The quantitative estimate of drug-likeness (QED) is 0.858. The molecule has 1 atom stereocenters. The Labute approximate surface area is 115 Å². The van der Waals surface area contributed by atoms with Crippen molar-refractivity contribution in [2.75, 3.05) is 6.54 Å². The smallest absolute Gasteiger partial charge is 0.0898 e. The van der Waals surface area contributed by atoms with Gasteiger partial charge in [-0.25, -0.2) is 4.98 Å². The number of rotatable bonds is 5. The first kappa shape index (κ1) is 14.0. The zero-order valence-corrected chi connectivity index (χ0v) is 12.7. The second kappa shape index (κ2) is 6.67. The number of thiazole rings is 1. The number of aromatic nitrogens is 1. The molecule has 0 aliphatic heterocycles. The third kappa shape index (κ3) is 4.06. The molecule has 1 saturated carbocycles. The van der Waals surface area contributed by atoms with Crippen LogP contribution in [0.4, 0.5) is 0 Å². The highest BCUT2D eigenvalue weighted by Crippen LogP contribution is 2.30. The van der Waals surface area contributed by atoms with Gasteiger partial charge >= 0.3 is 0 Å². The Morgan fingerprint density at radius 2 is 2.11 bits per heavy atom. The minimum absolute atomic E-state index is 0.400. The summed E-state index contributed by atoms with van der Waals surface area (Å²) in [5.74, 6) is 1.92. The van der Waals surface area contributed by atoms with Gasteiger partial charge in [-0.05, 0) is 38.6 Å². The molecule has 0 saturated heterocycles. The molecular weight excluding hydrogens is 240 g/mol. The lowest BCUT2D eigenvalue weighted by atomic mass is 9.81. The van der Waals surface area contributed by atoms with E-state index in [9.17, 15) is 0 Å². The van der Waals surface area contributed by atoms with E-state index in [-0.39, 0.29) is 0 Å². The zero-order chi connectivity index (χ0) is 13.0. The fourth-order valence-corrected chi connectivity index (χ4v) is 3.51. The first-order valence-corrected chi connectivity index (χ1v) is 8.18. The molecule has 1 heterocycles. The van der Waals surface area contributed by atoms with Crippen LogP contribution < -0.4 is 5.32 Å². The number of nitrogens with zero attached hydrogens (tertiary/aromatic N) is 1. The Morgan fingerprint density at radius 1 is 1.39 bits per heavy atom. The highest BCUT2D eigenvalue weighted by atomic mass is 32.1. The van der Waals surface area contributed by atoms with Crippen LogP contribution in [0.25, 0.3) is 0 Å². The lowest BCUT2D eigenvalue weighted by Gasteiger charge is -2.26. The summed E-state index contributed by atoms with van der Waals surface area (Å²) in [7, 11) is 0. The van der Waals surface area contributed by atoms with Gasteiger partial charge in [0.2, 0.25) is 0 Å². The molecular formula is C15H26N2S. The summed E-state index contributed by atoms with van der Waals surface area (Å²) in [5, 5.41) is 6.96. The number of aryl methyl sites for hydroxylation is 1. The van der Waals surface area contributed by atoms with Gasteiger partial charge in [0.05, 0.1) is 10.7 Å². The van der Waals surface area contributed by atoms with E-state index in [1.165, 1.54) is 42.8 Å². The molecule has 1 fully saturated rings. The molecule has 0 radical (unpaired) electrons. The van der Waals surface area contributed by atoms with Gasteiger partial charge in [-0.2, -0.15) is 0 Å². The maximum absolute atomic E-state index is 4.54. The van der Waals surface area contributed by atoms with E-state index in [0.717, 1.165) is 18.4 Å². The molecule has 2 rings (SSSR count). The summed E-state index contributed by atoms with van der Waals surface area (Å²) < 4.78 is 0. The van der Waals surface area contributed by atoms with Crippen molar-refractivity contribution in [3.63, 3.8) is 0 Å². The molecule has 0 spiro atoms. The van der Waals surface area contributed by atoms with Crippen LogP contribution >= 0.6 is 11.3 Å². The third-order valence-corrected chi connectivity index (χ3v) is 5.01. The Balaban J connectivity index is 1.66. The predicted octanol–water partition coefficient (Wildman–Crippen LogP) is 4.32. The molecule has 2 nitrogen and oxygen atoms in total. The molecule has 18 heavy (non-hydrogen) atoms. The van der Waals surface area contributed by atoms with E-state index in [1.54, 1.807) is 11.3 Å². The second-order valence-corrected chi connectivity index (χ2v) is 6.94. The van der Waals surface area contributed by atoms with Crippen LogP contribution in [-0.2, 0) is 0 Å². The standard InChI is InChI=1S/C15H26N2S/c1-11-4-6-14(7-5-11)8-9-16-12(2)15-10-18-13(3)17-15/h10-12,14,16H,4-9H2,1-3H3. The minimum atomic E-state index is 0.400. The maximum atomic E-state index is 4.54. The first-order chi connectivity index (χ1) is 8.65. The average Bonchev–Trinajstić information content (AvgIpc) is 2.78. The highest BCUT2D eigenvalue weighted by molar-refractivity contribution is 7.09. The van der Waals surface area contributed by atoms with Gasteiger partial charge in [0.15, 0.2) is 0 Å². The van der Waals surface area contributed by atoms with Gasteiger partial charge in [0.1, 0.15) is 0 Å². The fourth-order valence-electron chi connectivity index (χ4n) is 2.81. The molecule has 1 aromatic heterocycles. The molecule has 1 N–H and O–H groups in total. The Morgan fingerprint density at radius 3 is 2.72 bits per heavy atom. The zero-order valence-electron chi connectivity index (χ0n) is 11.9. The molecule has 102 valence electrons. The maximum Gasteiger partial charge on any atom is 0.0898 e. The molecule has 0 aromatic carbocycles. The summed E-state index contributed by atoms with van der Waals surface area (Å²) in [5.41, 5.74) is 1.20. The number of nitrogens with one attached hydrogen (secondary N) is 1. The van der Waals surface area contributed by atoms with E-state index in [1.807, 2.05) is 0 Å². The van der Waals surface area contributed by atoms with Crippen LogP contribution in [0.3, 0.4) is 0 Å². The monoisotopic (exact) mass is 266 g/mol. The molecule has 3 heteroatoms. The van der Waals surface area contributed by atoms with Crippen molar-refractivity contribution in [1.29, 1.82) is 0 Å². The van der Waals surface area contributed by atoms with E-state index in [2.05, 4.69) is 36.5 Å². The molecule has 0 bridgehead atoms. The van der Waals surface area contributed by atoms with E-state index >= 15 is 0 Å². The summed E-state index contributed by atoms with van der Waals surface area (Å²) in [6.07, 6.45) is 7.08. The van der Waals surface area contributed by atoms with Crippen molar-refractivity contribution in [3.05, 3.63) is 16.1 Å². The van der Waals surface area contributed by atoms with Crippen molar-refractivity contribution < 1.29 is 0 Å². The van der Waals surface area contributed by atoms with E-state index < -0.39 is 0 Å². The van der Waals surface area contributed by atoms with Crippen LogP contribution in [0.2, 0.25) is 0 Å². The highest BCUT2D eigenvalue weighted by Gasteiger charge is 2.18. The van der Waals surface area contributed by atoms with Gasteiger partial charge in [-0.15, -0.1) is 11.3 Å². The van der Waals surface area contributed by atoms with Gasteiger partial charge in [-0.1, -0.05) is 32.6 Å². The molecule has 1 aromatic rings. The van der Waals surface area contributed by atoms with E-state index in [0.29, 0.717) is 6.04 Å². The molecule has 1 aliphatic carbocycles. The minimum Gasteiger partial charge on any atom is -0.309 e. The molecule has 1 aliphatic rings. The van der Waals surface area contributed by atoms with E-state index in [4.69, 9.17) is 0 Å². The lowest BCUT2D eigenvalue weighted by Crippen LogP contribution is -2.23. The SMILES string of the molecule is Cc1nc(C(C)NCCC2CCC(C)CC2)cs1. The molecule has 1 unspecified atom stereocenters. The van der Waals surface area contributed by atoms with Crippen LogP contribution in [0.1, 0.15) is 62.7 Å². The third-order valence-electron chi connectivity index (χ3n) is 4.22. The second-order valence-electron chi connectivity index (χ2n) is 5.88. The van der Waals surface area contributed by atoms with Gasteiger partial charge in [-0.3, -0.25) is 0 Å². The predicted molar refractivity (Wildman–Crippen MR) is 79.0 cm³/mol. The first-order valence-electron chi connectivity index (χ1n) is 7.30. The van der Waals surface area contributed by atoms with Gasteiger partial charge in [0.25, 0.3) is 0 Å². The lowest BCUT2D eigenvalue weighted by molar-refractivity contribution is 0.273. The Kier molecular flexibility index (Phi) is 5.19. The average molecular weight is 266 g/mol. The summed E-state index contributed by atoms with van der Waals surface area (Å²) >= 11 is 1.74. The van der Waals surface area contributed by atoms with Crippen molar-refractivity contribution in [3.8, 4) is 0 Å². The fraction of sp³-hybridized carbons (Fsp3) is 0.800. The summed E-state index contributed by atoms with van der Waals surface area (Å²) in [4.78, 5) is 4.54. The number of hydrogen-bond donors (Lipinski definition) is 1. The van der Waals surface area contributed by atoms with Crippen LogP contribution in [-0.4, -0.2) is 11.5 Å². The summed E-state index contributed by atoms with van der Waals surface area (Å²) in [6.45, 7) is 7.82. The van der Waals surface area contributed by atoms with Crippen LogP contribution in [0, 0.1) is 18.8 Å². The normalized spacial score (nSPS) is 26.2. The van der Waals surface area contributed by atoms with Crippen LogP contribution in [0.5, 0.6) is 0 Å². The van der Waals surface area contributed by atoms with Crippen molar-refractivity contribution >= 4 is 11.3 Å². The van der Waals surface area contributed by atoms with Gasteiger partial charge < -0.3 is 5.32 Å². The summed E-state index contributed by atoms with van der Waals surface area (Å²) in [6, 6.07) is 0.400. The van der Waals surface area contributed by atoms with Gasteiger partial charge in [0, 0.05) is 11.4 Å².